The minimum Gasteiger partial charge on any atom is -0.387 e. The average Bonchev–Trinajstić information content (AvgIpc) is 2.77. The van der Waals surface area contributed by atoms with Crippen molar-refractivity contribution in [3.05, 3.63) is 12.7 Å². The molecule has 18 heavy (non-hydrogen) atoms. The number of nitrogens with zero attached hydrogens (tertiary/aromatic N) is 3. The van der Waals surface area contributed by atoms with Crippen molar-refractivity contribution >= 4 is 0 Å². The van der Waals surface area contributed by atoms with Crippen LogP contribution in [0.2, 0.25) is 0 Å². The lowest BCUT2D eigenvalue weighted by atomic mass is 9.72. The Labute approximate surface area is 110 Å². The van der Waals surface area contributed by atoms with Gasteiger partial charge in [0.25, 0.3) is 0 Å². The van der Waals surface area contributed by atoms with Crippen molar-refractivity contribution in [1.82, 2.24) is 14.8 Å². The highest BCUT2D eigenvalue weighted by molar-refractivity contribution is 4.90. The minimum atomic E-state index is -0.746. The first-order valence-electron chi connectivity index (χ1n) is 6.83. The van der Waals surface area contributed by atoms with E-state index in [0.717, 1.165) is 19.3 Å². The van der Waals surface area contributed by atoms with E-state index in [2.05, 4.69) is 44.7 Å². The lowest BCUT2D eigenvalue weighted by molar-refractivity contribution is -0.0832. The fraction of sp³-hybridized carbons (Fsp3) is 0.857. The Morgan fingerprint density at radius 2 is 2.00 bits per heavy atom. The summed E-state index contributed by atoms with van der Waals surface area (Å²) in [5, 5.41) is 15.1. The van der Waals surface area contributed by atoms with Gasteiger partial charge in [-0.05, 0) is 24.2 Å². The Bertz CT molecular complexity index is 342. The van der Waals surface area contributed by atoms with Crippen LogP contribution >= 0.6 is 0 Å². The van der Waals surface area contributed by atoms with Crippen molar-refractivity contribution in [3.63, 3.8) is 0 Å². The van der Waals surface area contributed by atoms with Gasteiger partial charge in [-0.1, -0.05) is 41.0 Å². The summed E-state index contributed by atoms with van der Waals surface area (Å²) in [5.74, 6) is 0.648. The average molecular weight is 253 g/mol. The summed E-state index contributed by atoms with van der Waals surface area (Å²) in [7, 11) is 0. The number of aliphatic hydroxyl groups is 1. The molecule has 0 fully saturated rings. The summed E-state index contributed by atoms with van der Waals surface area (Å²) in [6.45, 7) is 11.2. The first kappa shape index (κ1) is 15.2. The van der Waals surface area contributed by atoms with E-state index in [-0.39, 0.29) is 5.41 Å². The van der Waals surface area contributed by atoms with Gasteiger partial charge in [-0.25, -0.2) is 4.98 Å². The highest BCUT2D eigenvalue weighted by atomic mass is 16.3. The van der Waals surface area contributed by atoms with Gasteiger partial charge in [0.1, 0.15) is 12.7 Å². The highest BCUT2D eigenvalue weighted by Crippen LogP contribution is 2.36. The third kappa shape index (κ3) is 3.80. The molecule has 0 aliphatic carbocycles. The highest BCUT2D eigenvalue weighted by Gasteiger charge is 2.40. The second kappa shape index (κ2) is 5.83. The SMILES string of the molecule is CCC(C)CCC(O)(Cn1cncn1)C(C)(C)C. The molecule has 0 saturated heterocycles. The molecule has 4 heteroatoms. The monoisotopic (exact) mass is 253 g/mol. The summed E-state index contributed by atoms with van der Waals surface area (Å²) in [5.41, 5.74) is -0.920. The lowest BCUT2D eigenvalue weighted by Crippen LogP contribution is -2.46. The fourth-order valence-electron chi connectivity index (χ4n) is 1.96. The third-order valence-corrected chi connectivity index (χ3v) is 4.03. The van der Waals surface area contributed by atoms with Crippen LogP contribution in [-0.2, 0) is 6.54 Å². The molecule has 1 heterocycles. The quantitative estimate of drug-likeness (QED) is 0.848. The Morgan fingerprint density at radius 1 is 1.33 bits per heavy atom. The molecule has 2 unspecified atom stereocenters. The minimum absolute atomic E-state index is 0.174. The van der Waals surface area contributed by atoms with Gasteiger partial charge in [0.05, 0.1) is 12.1 Å². The third-order valence-electron chi connectivity index (χ3n) is 4.03. The number of hydrogen-bond acceptors (Lipinski definition) is 3. The molecule has 4 nitrogen and oxygen atoms in total. The molecule has 0 aliphatic heterocycles. The zero-order chi connectivity index (χ0) is 13.8. The van der Waals surface area contributed by atoms with Gasteiger partial charge in [-0.15, -0.1) is 0 Å². The zero-order valence-corrected chi connectivity index (χ0v) is 12.3. The lowest BCUT2D eigenvalue weighted by Gasteiger charge is -2.40. The maximum Gasteiger partial charge on any atom is 0.137 e. The number of hydrogen-bond donors (Lipinski definition) is 1. The normalized spacial score (nSPS) is 17.4. The van der Waals surface area contributed by atoms with Crippen molar-refractivity contribution in [2.75, 3.05) is 0 Å². The smallest absolute Gasteiger partial charge is 0.137 e. The van der Waals surface area contributed by atoms with Gasteiger partial charge in [0, 0.05) is 0 Å². The Kier molecular flexibility index (Phi) is 4.91. The van der Waals surface area contributed by atoms with E-state index in [9.17, 15) is 5.11 Å². The van der Waals surface area contributed by atoms with Crippen molar-refractivity contribution in [3.8, 4) is 0 Å². The van der Waals surface area contributed by atoms with Gasteiger partial charge >= 0.3 is 0 Å². The summed E-state index contributed by atoms with van der Waals surface area (Å²) >= 11 is 0. The van der Waals surface area contributed by atoms with E-state index >= 15 is 0 Å². The zero-order valence-electron chi connectivity index (χ0n) is 12.3. The molecule has 0 spiro atoms. The first-order valence-corrected chi connectivity index (χ1v) is 6.83. The van der Waals surface area contributed by atoms with Crippen LogP contribution in [0.5, 0.6) is 0 Å². The topological polar surface area (TPSA) is 50.9 Å². The number of rotatable bonds is 6. The predicted octanol–water partition coefficient (Wildman–Crippen LogP) is 2.88. The molecule has 0 aliphatic rings. The van der Waals surface area contributed by atoms with Gasteiger partial charge in [-0.2, -0.15) is 5.10 Å². The molecule has 104 valence electrons. The van der Waals surface area contributed by atoms with Crippen LogP contribution in [0.15, 0.2) is 12.7 Å². The van der Waals surface area contributed by atoms with Crippen LogP contribution in [0.4, 0.5) is 0 Å². The van der Waals surface area contributed by atoms with Crippen LogP contribution in [0, 0.1) is 11.3 Å². The van der Waals surface area contributed by atoms with E-state index in [4.69, 9.17) is 0 Å². The molecule has 1 rings (SSSR count). The van der Waals surface area contributed by atoms with E-state index in [1.54, 1.807) is 11.0 Å². The molecule has 0 aromatic carbocycles. The molecular weight excluding hydrogens is 226 g/mol. The van der Waals surface area contributed by atoms with Crippen molar-refractivity contribution in [1.29, 1.82) is 0 Å². The summed E-state index contributed by atoms with van der Waals surface area (Å²) in [4.78, 5) is 3.94. The second-order valence-corrected chi connectivity index (χ2v) is 6.43. The Morgan fingerprint density at radius 3 is 2.44 bits per heavy atom. The maximum absolute atomic E-state index is 11.0. The van der Waals surface area contributed by atoms with Gasteiger partial charge in [0.2, 0.25) is 0 Å². The molecule has 0 radical (unpaired) electrons. The van der Waals surface area contributed by atoms with Crippen LogP contribution in [0.3, 0.4) is 0 Å². The summed E-state index contributed by atoms with van der Waals surface area (Å²) in [6, 6.07) is 0. The van der Waals surface area contributed by atoms with Crippen molar-refractivity contribution < 1.29 is 5.11 Å². The van der Waals surface area contributed by atoms with Gasteiger partial charge < -0.3 is 5.11 Å². The largest absolute Gasteiger partial charge is 0.387 e. The van der Waals surface area contributed by atoms with E-state index in [1.165, 1.54) is 6.33 Å². The second-order valence-electron chi connectivity index (χ2n) is 6.43. The first-order chi connectivity index (χ1) is 8.28. The van der Waals surface area contributed by atoms with Crippen LogP contribution < -0.4 is 0 Å². The molecule has 2 atom stereocenters. The van der Waals surface area contributed by atoms with E-state index < -0.39 is 5.60 Å². The van der Waals surface area contributed by atoms with Crippen LogP contribution in [0.1, 0.15) is 53.9 Å². The molecule has 1 aromatic heterocycles. The molecule has 1 aromatic rings. The molecule has 0 saturated carbocycles. The Balaban J connectivity index is 2.76. The molecule has 0 bridgehead atoms. The summed E-state index contributed by atoms with van der Waals surface area (Å²) in [6.07, 6.45) is 6.17. The van der Waals surface area contributed by atoms with Gasteiger partial charge in [0.15, 0.2) is 0 Å². The van der Waals surface area contributed by atoms with Gasteiger partial charge in [-0.3, -0.25) is 4.68 Å². The van der Waals surface area contributed by atoms with Crippen LogP contribution in [-0.4, -0.2) is 25.5 Å². The predicted molar refractivity (Wildman–Crippen MR) is 73.1 cm³/mol. The fourth-order valence-corrected chi connectivity index (χ4v) is 1.96. The molecular formula is C14H27N3O. The molecule has 0 amide bonds. The van der Waals surface area contributed by atoms with Crippen molar-refractivity contribution in [2.45, 2.75) is 66.0 Å². The maximum atomic E-state index is 11.0. The van der Waals surface area contributed by atoms with Crippen LogP contribution in [0.25, 0.3) is 0 Å². The number of aromatic nitrogens is 3. The molecule has 1 N–H and O–H groups in total. The standard InChI is InChI=1S/C14H27N3O/c1-6-12(2)7-8-14(18,13(3,4)5)9-17-11-15-10-16-17/h10-12,18H,6-9H2,1-5H3. The summed E-state index contributed by atoms with van der Waals surface area (Å²) < 4.78 is 1.72. The van der Waals surface area contributed by atoms with E-state index in [1.807, 2.05) is 0 Å². The van der Waals surface area contributed by atoms with E-state index in [0.29, 0.717) is 12.5 Å². The Hall–Kier alpha value is -0.900. The van der Waals surface area contributed by atoms with Crippen molar-refractivity contribution in [2.24, 2.45) is 11.3 Å².